The molecule has 1 aliphatic carbocycles. The molecule has 0 aromatic carbocycles. The maximum absolute atomic E-state index is 12.5. The maximum Gasteiger partial charge on any atom is 0.146 e. The molecule has 1 saturated carbocycles. The molecule has 1 heterocycles. The van der Waals surface area contributed by atoms with Crippen molar-refractivity contribution >= 4 is 0 Å². The molecule has 0 aromatic rings. The molecule has 3 heteroatoms. The predicted molar refractivity (Wildman–Crippen MR) is 31.0 cm³/mol. The molecule has 1 N–H and O–H groups in total. The van der Waals surface area contributed by atoms with Crippen LogP contribution >= 0.6 is 0 Å². The van der Waals surface area contributed by atoms with Gasteiger partial charge in [0.25, 0.3) is 0 Å². The number of alkyl halides is 1. The number of halogens is 1. The molecule has 9 heavy (non-hydrogen) atoms. The van der Waals surface area contributed by atoms with Crippen molar-refractivity contribution in [3.05, 3.63) is 0 Å². The number of ether oxygens (including phenoxy) is 1. The van der Waals surface area contributed by atoms with E-state index in [9.17, 15) is 4.39 Å². The zero-order valence-corrected chi connectivity index (χ0v) is 5.14. The summed E-state index contributed by atoms with van der Waals surface area (Å²) in [5.74, 6) is 0. The van der Waals surface area contributed by atoms with Crippen LogP contribution in [0.3, 0.4) is 0 Å². The van der Waals surface area contributed by atoms with E-state index in [-0.39, 0.29) is 12.1 Å². The summed E-state index contributed by atoms with van der Waals surface area (Å²) in [4.78, 5) is 0. The van der Waals surface area contributed by atoms with Gasteiger partial charge in [0.1, 0.15) is 12.3 Å². The van der Waals surface area contributed by atoms with Crippen molar-refractivity contribution in [1.82, 2.24) is 5.32 Å². The molecular formula is C6H10FNO. The molecule has 1 unspecified atom stereocenters. The lowest BCUT2D eigenvalue weighted by Crippen LogP contribution is -2.19. The van der Waals surface area contributed by atoms with E-state index in [0.29, 0.717) is 6.61 Å². The maximum atomic E-state index is 12.5. The van der Waals surface area contributed by atoms with Gasteiger partial charge >= 0.3 is 0 Å². The van der Waals surface area contributed by atoms with Crippen LogP contribution in [0.1, 0.15) is 6.42 Å². The first-order valence-corrected chi connectivity index (χ1v) is 3.38. The van der Waals surface area contributed by atoms with Gasteiger partial charge in [-0.1, -0.05) is 0 Å². The Kier molecular flexibility index (Phi) is 1.20. The van der Waals surface area contributed by atoms with Crippen LogP contribution < -0.4 is 5.32 Å². The van der Waals surface area contributed by atoms with Crippen LogP contribution in [-0.4, -0.2) is 31.5 Å². The fourth-order valence-electron chi connectivity index (χ4n) is 1.23. The Morgan fingerprint density at radius 3 is 3.33 bits per heavy atom. The summed E-state index contributed by atoms with van der Waals surface area (Å²) in [6.45, 7) is 1.62. The third-order valence-electron chi connectivity index (χ3n) is 1.88. The van der Waals surface area contributed by atoms with Crippen molar-refractivity contribution in [2.45, 2.75) is 24.7 Å². The lowest BCUT2D eigenvalue weighted by molar-refractivity contribution is 0.105. The minimum absolute atomic E-state index is 0.0208. The first kappa shape index (κ1) is 5.62. The smallest absolute Gasteiger partial charge is 0.146 e. The van der Waals surface area contributed by atoms with Crippen LogP contribution in [0, 0.1) is 0 Å². The summed E-state index contributed by atoms with van der Waals surface area (Å²) in [6.07, 6.45) is 0.164. The van der Waals surface area contributed by atoms with Crippen molar-refractivity contribution in [3.63, 3.8) is 0 Å². The van der Waals surface area contributed by atoms with E-state index in [4.69, 9.17) is 4.74 Å². The van der Waals surface area contributed by atoms with Crippen molar-refractivity contribution in [3.8, 4) is 0 Å². The summed E-state index contributed by atoms with van der Waals surface area (Å²) < 4.78 is 17.6. The molecule has 0 amide bonds. The van der Waals surface area contributed by atoms with Crippen LogP contribution in [0.15, 0.2) is 0 Å². The Labute approximate surface area is 53.4 Å². The van der Waals surface area contributed by atoms with Crippen molar-refractivity contribution < 1.29 is 9.13 Å². The molecular weight excluding hydrogens is 121 g/mol. The SMILES string of the molecule is F[C@@H]1C2NCCCO[C@H]21. The molecule has 0 spiro atoms. The van der Waals surface area contributed by atoms with Gasteiger partial charge in [-0.05, 0) is 13.0 Å². The molecule has 3 atom stereocenters. The van der Waals surface area contributed by atoms with Crippen molar-refractivity contribution in [2.75, 3.05) is 13.2 Å². The Balaban J connectivity index is 1.93. The summed E-state index contributed by atoms with van der Waals surface area (Å²) >= 11 is 0. The van der Waals surface area contributed by atoms with Gasteiger partial charge in [-0.2, -0.15) is 0 Å². The van der Waals surface area contributed by atoms with Gasteiger partial charge < -0.3 is 10.1 Å². The summed E-state index contributed by atoms with van der Waals surface area (Å²) in [6, 6.07) is 0.0208. The van der Waals surface area contributed by atoms with Crippen LogP contribution in [0.5, 0.6) is 0 Å². The largest absolute Gasteiger partial charge is 0.373 e. The highest BCUT2D eigenvalue weighted by atomic mass is 19.1. The Bertz CT molecular complexity index is 108. The monoisotopic (exact) mass is 131 g/mol. The van der Waals surface area contributed by atoms with E-state index in [1.54, 1.807) is 0 Å². The molecule has 1 saturated heterocycles. The zero-order valence-electron chi connectivity index (χ0n) is 5.14. The van der Waals surface area contributed by atoms with Gasteiger partial charge in [0.15, 0.2) is 0 Å². The minimum Gasteiger partial charge on any atom is -0.373 e. The van der Waals surface area contributed by atoms with Gasteiger partial charge in [-0.15, -0.1) is 0 Å². The highest BCUT2D eigenvalue weighted by Gasteiger charge is 2.52. The number of fused-ring (bicyclic) bond motifs is 1. The molecule has 0 bridgehead atoms. The summed E-state index contributed by atoms with van der Waals surface area (Å²) in [7, 11) is 0. The topological polar surface area (TPSA) is 21.3 Å². The van der Waals surface area contributed by atoms with Gasteiger partial charge in [0.05, 0.1) is 6.04 Å². The summed E-state index contributed by atoms with van der Waals surface area (Å²) in [5.41, 5.74) is 0. The van der Waals surface area contributed by atoms with Crippen molar-refractivity contribution in [1.29, 1.82) is 0 Å². The van der Waals surface area contributed by atoms with Gasteiger partial charge in [-0.25, -0.2) is 4.39 Å². The number of hydrogen-bond acceptors (Lipinski definition) is 2. The Hall–Kier alpha value is -0.150. The fraction of sp³-hybridized carbons (Fsp3) is 1.00. The van der Waals surface area contributed by atoms with Crippen molar-refractivity contribution in [2.24, 2.45) is 0 Å². The molecule has 0 aromatic heterocycles. The Morgan fingerprint density at radius 1 is 1.56 bits per heavy atom. The molecule has 52 valence electrons. The van der Waals surface area contributed by atoms with Gasteiger partial charge in [0.2, 0.25) is 0 Å². The second-order valence-electron chi connectivity index (χ2n) is 2.61. The molecule has 2 rings (SSSR count). The third kappa shape index (κ3) is 0.843. The second-order valence-corrected chi connectivity index (χ2v) is 2.61. The fourth-order valence-corrected chi connectivity index (χ4v) is 1.23. The highest BCUT2D eigenvalue weighted by Crippen LogP contribution is 2.31. The van der Waals surface area contributed by atoms with Crippen LogP contribution in [0.4, 0.5) is 4.39 Å². The predicted octanol–water partition coefficient (Wildman–Crippen LogP) is 0.0852. The second kappa shape index (κ2) is 1.92. The van der Waals surface area contributed by atoms with E-state index in [1.165, 1.54) is 0 Å². The Morgan fingerprint density at radius 2 is 2.44 bits per heavy atom. The molecule has 0 radical (unpaired) electrons. The van der Waals surface area contributed by atoms with E-state index in [2.05, 4.69) is 5.32 Å². The van der Waals surface area contributed by atoms with E-state index in [0.717, 1.165) is 13.0 Å². The van der Waals surface area contributed by atoms with E-state index < -0.39 is 6.17 Å². The third-order valence-corrected chi connectivity index (χ3v) is 1.88. The van der Waals surface area contributed by atoms with E-state index >= 15 is 0 Å². The number of hydrogen-bond donors (Lipinski definition) is 1. The van der Waals surface area contributed by atoms with Crippen LogP contribution in [0.25, 0.3) is 0 Å². The highest BCUT2D eigenvalue weighted by molar-refractivity contribution is 5.07. The molecule has 2 aliphatic rings. The standard InChI is InChI=1S/C6H10FNO/c7-4-5-6(4)9-3-1-2-8-5/h4-6,8H,1-3H2/t4-,5?,6+/m1/s1. The first-order chi connectivity index (χ1) is 4.39. The molecule has 2 fully saturated rings. The number of nitrogens with one attached hydrogen (secondary N) is 1. The quantitative estimate of drug-likeness (QED) is 0.503. The normalized spacial score (nSPS) is 49.7. The molecule has 1 aliphatic heterocycles. The average molecular weight is 131 g/mol. The van der Waals surface area contributed by atoms with Crippen LogP contribution in [-0.2, 0) is 4.74 Å². The van der Waals surface area contributed by atoms with Crippen LogP contribution in [0.2, 0.25) is 0 Å². The van der Waals surface area contributed by atoms with Gasteiger partial charge in [0, 0.05) is 6.61 Å². The minimum atomic E-state index is -0.731. The zero-order chi connectivity index (χ0) is 6.27. The van der Waals surface area contributed by atoms with Gasteiger partial charge in [-0.3, -0.25) is 0 Å². The molecule has 2 nitrogen and oxygen atoms in total. The lowest BCUT2D eigenvalue weighted by atomic mass is 10.4. The van der Waals surface area contributed by atoms with E-state index in [1.807, 2.05) is 0 Å². The summed E-state index contributed by atoms with van der Waals surface area (Å²) in [5, 5.41) is 3.07. The average Bonchev–Trinajstić information content (AvgIpc) is 2.51. The first-order valence-electron chi connectivity index (χ1n) is 3.38. The lowest BCUT2D eigenvalue weighted by Gasteiger charge is -1.96. The number of rotatable bonds is 0.